The van der Waals surface area contributed by atoms with E-state index >= 15 is 0 Å². The largest absolute Gasteiger partial charge is 0.463 e. The molecule has 0 atom stereocenters. The zero-order valence-corrected chi connectivity index (χ0v) is 8.61. The molecule has 0 spiro atoms. The van der Waals surface area contributed by atoms with Crippen molar-refractivity contribution >= 4 is 11.8 Å². The van der Waals surface area contributed by atoms with E-state index in [1.807, 2.05) is 0 Å². The molecule has 15 heavy (non-hydrogen) atoms. The van der Waals surface area contributed by atoms with Gasteiger partial charge in [-0.2, -0.15) is 0 Å². The van der Waals surface area contributed by atoms with Gasteiger partial charge in [0.1, 0.15) is 0 Å². The average Bonchev–Trinajstić information content (AvgIpc) is 2.74. The third kappa shape index (κ3) is 2.92. The maximum atomic E-state index is 11.4. The quantitative estimate of drug-likeness (QED) is 0.543. The predicted octanol–water partition coefficient (Wildman–Crippen LogP) is 1.29. The van der Waals surface area contributed by atoms with Gasteiger partial charge in [-0.15, -0.1) is 0 Å². The number of carbonyl (C=O) groups excluding carboxylic acids is 2. The molecule has 1 rings (SSSR count). The summed E-state index contributed by atoms with van der Waals surface area (Å²) in [4.78, 5) is 22.4. The SMILES string of the molecule is COCCC(=O)c1ccc(C(=O)OC)o1. The van der Waals surface area contributed by atoms with Crippen molar-refractivity contribution in [3.8, 4) is 0 Å². The fourth-order valence-corrected chi connectivity index (χ4v) is 1.02. The molecular weight excluding hydrogens is 200 g/mol. The minimum atomic E-state index is -0.596. The third-order valence-electron chi connectivity index (χ3n) is 1.80. The second-order valence-corrected chi connectivity index (χ2v) is 2.82. The Hall–Kier alpha value is -1.62. The number of ketones is 1. The Morgan fingerprint density at radius 3 is 2.53 bits per heavy atom. The van der Waals surface area contributed by atoms with E-state index in [1.165, 1.54) is 26.4 Å². The fraction of sp³-hybridized carbons (Fsp3) is 0.400. The van der Waals surface area contributed by atoms with Gasteiger partial charge < -0.3 is 13.9 Å². The number of rotatable bonds is 5. The molecule has 0 N–H and O–H groups in total. The number of Topliss-reactive ketones (excluding diaryl/α,β-unsaturated/α-hetero) is 1. The van der Waals surface area contributed by atoms with Crippen molar-refractivity contribution in [1.29, 1.82) is 0 Å². The molecule has 0 saturated heterocycles. The van der Waals surface area contributed by atoms with Crippen LogP contribution >= 0.6 is 0 Å². The van der Waals surface area contributed by atoms with Gasteiger partial charge in [-0.05, 0) is 12.1 Å². The third-order valence-corrected chi connectivity index (χ3v) is 1.80. The molecule has 1 heterocycles. The van der Waals surface area contributed by atoms with Crippen LogP contribution in [0, 0.1) is 0 Å². The summed E-state index contributed by atoms with van der Waals surface area (Å²) in [5.74, 6) is -0.626. The molecule has 0 aromatic carbocycles. The Labute approximate surface area is 87.0 Å². The number of hydrogen-bond donors (Lipinski definition) is 0. The second kappa shape index (κ2) is 5.31. The summed E-state index contributed by atoms with van der Waals surface area (Å²) in [6, 6.07) is 2.86. The lowest BCUT2D eigenvalue weighted by Crippen LogP contribution is -2.02. The number of hydrogen-bond acceptors (Lipinski definition) is 5. The first-order valence-corrected chi connectivity index (χ1v) is 4.39. The van der Waals surface area contributed by atoms with Crippen molar-refractivity contribution in [3.05, 3.63) is 23.7 Å². The van der Waals surface area contributed by atoms with Crippen LogP contribution in [0.4, 0.5) is 0 Å². The lowest BCUT2D eigenvalue weighted by Gasteiger charge is -1.96. The van der Waals surface area contributed by atoms with Gasteiger partial charge in [-0.25, -0.2) is 4.79 Å². The van der Waals surface area contributed by atoms with Crippen LogP contribution in [0.15, 0.2) is 16.5 Å². The summed E-state index contributed by atoms with van der Waals surface area (Å²) in [7, 11) is 2.76. The standard InChI is InChI=1S/C10H12O5/c1-13-6-5-7(11)8-3-4-9(15-8)10(12)14-2/h3-4H,5-6H2,1-2H3. The number of esters is 1. The molecule has 0 amide bonds. The van der Waals surface area contributed by atoms with Crippen molar-refractivity contribution in [3.63, 3.8) is 0 Å². The van der Waals surface area contributed by atoms with Crippen LogP contribution in [-0.4, -0.2) is 32.6 Å². The van der Waals surface area contributed by atoms with Gasteiger partial charge in [-0.1, -0.05) is 0 Å². The summed E-state index contributed by atoms with van der Waals surface area (Å²) < 4.78 is 14.2. The van der Waals surface area contributed by atoms with Crippen LogP contribution in [-0.2, 0) is 9.47 Å². The fourth-order valence-electron chi connectivity index (χ4n) is 1.02. The highest BCUT2D eigenvalue weighted by atomic mass is 16.5. The van der Waals surface area contributed by atoms with Crippen LogP contribution < -0.4 is 0 Å². The zero-order valence-electron chi connectivity index (χ0n) is 8.61. The van der Waals surface area contributed by atoms with E-state index < -0.39 is 5.97 Å². The molecular formula is C10H12O5. The maximum absolute atomic E-state index is 11.4. The van der Waals surface area contributed by atoms with Crippen molar-refractivity contribution < 1.29 is 23.5 Å². The summed E-state index contributed by atoms with van der Waals surface area (Å²) in [6.07, 6.45) is 0.227. The lowest BCUT2D eigenvalue weighted by atomic mass is 10.2. The number of ether oxygens (including phenoxy) is 2. The Morgan fingerprint density at radius 2 is 1.93 bits per heavy atom. The van der Waals surface area contributed by atoms with Gasteiger partial charge in [-0.3, -0.25) is 4.79 Å². The molecule has 0 fully saturated rings. The molecule has 0 unspecified atom stereocenters. The van der Waals surface area contributed by atoms with Crippen LogP contribution in [0.3, 0.4) is 0 Å². The van der Waals surface area contributed by atoms with Gasteiger partial charge in [0.2, 0.25) is 5.76 Å². The first kappa shape index (κ1) is 11.5. The maximum Gasteiger partial charge on any atom is 0.373 e. The number of carbonyl (C=O) groups is 2. The number of furan rings is 1. The van der Waals surface area contributed by atoms with Crippen LogP contribution in [0.1, 0.15) is 27.5 Å². The van der Waals surface area contributed by atoms with E-state index in [4.69, 9.17) is 9.15 Å². The number of methoxy groups -OCH3 is 2. The molecule has 0 saturated carbocycles. The molecule has 0 aliphatic rings. The smallest absolute Gasteiger partial charge is 0.373 e. The highest BCUT2D eigenvalue weighted by Gasteiger charge is 2.15. The van der Waals surface area contributed by atoms with Crippen molar-refractivity contribution in [2.45, 2.75) is 6.42 Å². The van der Waals surface area contributed by atoms with Crippen molar-refractivity contribution in [1.82, 2.24) is 0 Å². The van der Waals surface area contributed by atoms with E-state index in [1.54, 1.807) is 0 Å². The van der Waals surface area contributed by atoms with Gasteiger partial charge >= 0.3 is 5.97 Å². The topological polar surface area (TPSA) is 65.7 Å². The van der Waals surface area contributed by atoms with E-state index in [0.29, 0.717) is 6.61 Å². The van der Waals surface area contributed by atoms with E-state index in [2.05, 4.69) is 4.74 Å². The molecule has 82 valence electrons. The van der Waals surface area contributed by atoms with Gasteiger partial charge in [0.15, 0.2) is 11.5 Å². The Balaban J connectivity index is 2.67. The molecule has 5 heteroatoms. The first-order chi connectivity index (χ1) is 7.19. The summed E-state index contributed by atoms with van der Waals surface area (Å²) >= 11 is 0. The molecule has 1 aromatic heterocycles. The van der Waals surface area contributed by atoms with E-state index in [-0.39, 0.29) is 23.7 Å². The van der Waals surface area contributed by atoms with Gasteiger partial charge in [0.05, 0.1) is 13.7 Å². The average molecular weight is 212 g/mol. The lowest BCUT2D eigenvalue weighted by molar-refractivity contribution is 0.0562. The first-order valence-electron chi connectivity index (χ1n) is 4.39. The zero-order chi connectivity index (χ0) is 11.3. The second-order valence-electron chi connectivity index (χ2n) is 2.82. The molecule has 0 aliphatic heterocycles. The van der Waals surface area contributed by atoms with Gasteiger partial charge in [0.25, 0.3) is 0 Å². The monoisotopic (exact) mass is 212 g/mol. The van der Waals surface area contributed by atoms with Crippen LogP contribution in [0.25, 0.3) is 0 Å². The highest BCUT2D eigenvalue weighted by Crippen LogP contribution is 2.11. The van der Waals surface area contributed by atoms with Crippen LogP contribution in [0.5, 0.6) is 0 Å². The van der Waals surface area contributed by atoms with Gasteiger partial charge in [0, 0.05) is 13.5 Å². The van der Waals surface area contributed by atoms with Crippen LogP contribution in [0.2, 0.25) is 0 Å². The van der Waals surface area contributed by atoms with Crippen molar-refractivity contribution in [2.24, 2.45) is 0 Å². The molecule has 0 radical (unpaired) electrons. The minimum Gasteiger partial charge on any atom is -0.463 e. The minimum absolute atomic E-state index is 0.0262. The molecule has 0 aliphatic carbocycles. The molecule has 1 aromatic rings. The van der Waals surface area contributed by atoms with E-state index in [9.17, 15) is 9.59 Å². The van der Waals surface area contributed by atoms with E-state index in [0.717, 1.165) is 0 Å². The van der Waals surface area contributed by atoms with Crippen molar-refractivity contribution in [2.75, 3.05) is 20.8 Å². The Morgan fingerprint density at radius 1 is 1.27 bits per heavy atom. The highest BCUT2D eigenvalue weighted by molar-refractivity contribution is 5.95. The summed E-state index contributed by atoms with van der Waals surface area (Å²) in [5, 5.41) is 0. The molecule has 5 nitrogen and oxygen atoms in total. The Bertz CT molecular complexity index is 352. The summed E-state index contributed by atoms with van der Waals surface area (Å²) in [6.45, 7) is 0.326. The Kier molecular flexibility index (Phi) is 4.05. The molecule has 0 bridgehead atoms. The normalized spacial score (nSPS) is 10.0. The summed E-state index contributed by atoms with van der Waals surface area (Å²) in [5.41, 5.74) is 0. The predicted molar refractivity (Wildman–Crippen MR) is 50.9 cm³/mol.